The predicted octanol–water partition coefficient (Wildman–Crippen LogP) is 5.03. The highest BCUT2D eigenvalue weighted by Crippen LogP contribution is 2.33. The van der Waals surface area contributed by atoms with Crippen LogP contribution < -0.4 is 14.8 Å². The first-order valence-electron chi connectivity index (χ1n) is 9.59. The van der Waals surface area contributed by atoms with Crippen LogP contribution in [0.1, 0.15) is 6.92 Å². The molecule has 0 aliphatic carbocycles. The van der Waals surface area contributed by atoms with Gasteiger partial charge < -0.3 is 19.2 Å². The summed E-state index contributed by atoms with van der Waals surface area (Å²) in [5, 5.41) is 4.11. The number of hydrogen-bond donors (Lipinski definition) is 1. The van der Waals surface area contributed by atoms with Crippen LogP contribution in [0.25, 0.3) is 22.5 Å². The van der Waals surface area contributed by atoms with Crippen LogP contribution in [0.15, 0.2) is 70.3 Å². The summed E-state index contributed by atoms with van der Waals surface area (Å²) in [5.74, 6) is 2.06. The maximum atomic E-state index is 12.9. The highest BCUT2D eigenvalue weighted by molar-refractivity contribution is 8.00. The molecule has 0 aliphatic rings. The predicted molar refractivity (Wildman–Crippen MR) is 121 cm³/mol. The molecular formula is C23H21N3O4S. The molecule has 0 saturated heterocycles. The van der Waals surface area contributed by atoms with Crippen LogP contribution in [0.5, 0.6) is 11.5 Å². The number of thioether (sulfide) groups is 1. The summed E-state index contributed by atoms with van der Waals surface area (Å²) in [4.78, 5) is 22.1. The number of benzene rings is 2. The largest absolute Gasteiger partial charge is 0.493 e. The molecular weight excluding hydrogens is 414 g/mol. The second-order valence-corrected chi connectivity index (χ2v) is 8.00. The molecule has 2 aromatic heterocycles. The Balaban J connectivity index is 1.58. The smallest absolute Gasteiger partial charge is 0.237 e. The van der Waals surface area contributed by atoms with Crippen molar-refractivity contribution in [2.24, 2.45) is 0 Å². The topological polar surface area (TPSA) is 86.5 Å². The molecule has 0 radical (unpaired) electrons. The lowest BCUT2D eigenvalue weighted by molar-refractivity contribution is -0.115. The van der Waals surface area contributed by atoms with Crippen LogP contribution in [0.4, 0.5) is 5.69 Å². The lowest BCUT2D eigenvalue weighted by Gasteiger charge is -2.14. The number of carbonyl (C=O) groups excluding carboxylic acids is 1. The molecule has 31 heavy (non-hydrogen) atoms. The minimum Gasteiger partial charge on any atom is -0.493 e. The molecule has 1 atom stereocenters. The van der Waals surface area contributed by atoms with Crippen LogP contribution in [-0.2, 0) is 4.79 Å². The van der Waals surface area contributed by atoms with Gasteiger partial charge in [-0.25, -0.2) is 9.97 Å². The molecule has 0 fully saturated rings. The van der Waals surface area contributed by atoms with Crippen molar-refractivity contribution in [1.29, 1.82) is 0 Å². The number of nitrogens with zero attached hydrogens (tertiary/aromatic N) is 2. The summed E-state index contributed by atoms with van der Waals surface area (Å²) in [5.41, 5.74) is 1.41. The van der Waals surface area contributed by atoms with Gasteiger partial charge in [0.2, 0.25) is 5.91 Å². The number of anilines is 1. The van der Waals surface area contributed by atoms with Gasteiger partial charge in [-0.1, -0.05) is 30.0 Å². The monoisotopic (exact) mass is 435 g/mol. The van der Waals surface area contributed by atoms with Crippen molar-refractivity contribution >= 4 is 34.3 Å². The van der Waals surface area contributed by atoms with Gasteiger partial charge in [0.15, 0.2) is 23.1 Å². The molecule has 1 amide bonds. The molecule has 1 unspecified atom stereocenters. The Bertz CT molecular complexity index is 1210. The molecule has 7 nitrogen and oxygen atoms in total. The van der Waals surface area contributed by atoms with Gasteiger partial charge in [0, 0.05) is 17.1 Å². The summed E-state index contributed by atoms with van der Waals surface area (Å²) in [6.45, 7) is 1.84. The number of nitrogens with one attached hydrogen (secondary N) is 1. The molecule has 158 valence electrons. The van der Waals surface area contributed by atoms with Gasteiger partial charge in [-0.3, -0.25) is 4.79 Å². The number of aromatic nitrogens is 2. The molecule has 0 bridgehead atoms. The number of ether oxygens (including phenoxy) is 2. The fraction of sp³-hybridized carbons (Fsp3) is 0.174. The number of methoxy groups -OCH3 is 2. The van der Waals surface area contributed by atoms with Crippen molar-refractivity contribution in [2.45, 2.75) is 17.2 Å². The van der Waals surface area contributed by atoms with E-state index in [4.69, 9.17) is 13.9 Å². The number of para-hydroxylation sites is 1. The van der Waals surface area contributed by atoms with Crippen molar-refractivity contribution < 1.29 is 18.7 Å². The van der Waals surface area contributed by atoms with Crippen molar-refractivity contribution in [2.75, 3.05) is 19.5 Å². The lowest BCUT2D eigenvalue weighted by Crippen LogP contribution is -2.22. The van der Waals surface area contributed by atoms with E-state index < -0.39 is 5.25 Å². The molecule has 0 aliphatic heterocycles. The second-order valence-electron chi connectivity index (χ2n) is 6.67. The van der Waals surface area contributed by atoms with Gasteiger partial charge in [-0.2, -0.15) is 0 Å². The Morgan fingerprint density at radius 1 is 1.03 bits per heavy atom. The molecule has 2 heterocycles. The van der Waals surface area contributed by atoms with Crippen LogP contribution in [0, 0.1) is 0 Å². The van der Waals surface area contributed by atoms with Gasteiger partial charge >= 0.3 is 0 Å². The first-order chi connectivity index (χ1) is 15.1. The lowest BCUT2D eigenvalue weighted by atomic mass is 10.2. The normalized spacial score (nSPS) is 11.8. The van der Waals surface area contributed by atoms with E-state index in [1.54, 1.807) is 44.7 Å². The summed E-state index contributed by atoms with van der Waals surface area (Å²) in [6, 6.07) is 16.6. The van der Waals surface area contributed by atoms with E-state index in [2.05, 4.69) is 15.3 Å². The Labute approximate surface area is 183 Å². The van der Waals surface area contributed by atoms with Crippen LogP contribution in [0.2, 0.25) is 0 Å². The quantitative estimate of drug-likeness (QED) is 0.322. The zero-order valence-electron chi connectivity index (χ0n) is 17.3. The molecule has 2 aromatic carbocycles. The van der Waals surface area contributed by atoms with Crippen molar-refractivity contribution in [3.05, 3.63) is 60.9 Å². The molecule has 8 heteroatoms. The first kappa shape index (κ1) is 20.7. The third-order valence-electron chi connectivity index (χ3n) is 4.62. The SMILES string of the molecule is COc1ccc(NC(=O)C(C)Sc2nc(-c3ccco3)nc3ccccc23)cc1OC. The highest BCUT2D eigenvalue weighted by atomic mass is 32.2. The maximum absolute atomic E-state index is 12.9. The molecule has 1 N–H and O–H groups in total. The Morgan fingerprint density at radius 3 is 2.58 bits per heavy atom. The number of amides is 1. The van der Waals surface area contributed by atoms with Gasteiger partial charge in [0.25, 0.3) is 0 Å². The van der Waals surface area contributed by atoms with E-state index in [1.807, 2.05) is 37.3 Å². The van der Waals surface area contributed by atoms with Crippen LogP contribution in [-0.4, -0.2) is 35.3 Å². The standard InChI is InChI=1S/C23H21N3O4S/c1-14(22(27)24-15-10-11-18(28-2)20(13-15)29-3)31-23-16-7-4-5-8-17(16)25-21(26-23)19-9-6-12-30-19/h4-14H,1-3H3,(H,24,27). The molecule has 0 spiro atoms. The first-order valence-corrected chi connectivity index (χ1v) is 10.5. The zero-order chi connectivity index (χ0) is 21.8. The van der Waals surface area contributed by atoms with E-state index >= 15 is 0 Å². The van der Waals surface area contributed by atoms with E-state index in [-0.39, 0.29) is 5.91 Å². The minimum absolute atomic E-state index is 0.153. The Kier molecular flexibility index (Phi) is 6.08. The van der Waals surface area contributed by atoms with E-state index in [0.717, 1.165) is 10.9 Å². The third kappa shape index (κ3) is 4.49. The number of rotatable bonds is 7. The number of hydrogen-bond acceptors (Lipinski definition) is 7. The molecule has 0 saturated carbocycles. The Hall–Kier alpha value is -3.52. The second kappa shape index (κ2) is 9.09. The van der Waals surface area contributed by atoms with Crippen molar-refractivity contribution in [3.8, 4) is 23.1 Å². The van der Waals surface area contributed by atoms with E-state index in [1.165, 1.54) is 11.8 Å². The average Bonchev–Trinajstić information content (AvgIpc) is 3.34. The fourth-order valence-corrected chi connectivity index (χ4v) is 3.97. The molecule has 4 aromatic rings. The van der Waals surface area contributed by atoms with E-state index in [9.17, 15) is 4.79 Å². The number of fused-ring (bicyclic) bond motifs is 1. The van der Waals surface area contributed by atoms with Crippen LogP contribution in [0.3, 0.4) is 0 Å². The fourth-order valence-electron chi connectivity index (χ4n) is 3.03. The number of carbonyl (C=O) groups is 1. The zero-order valence-corrected chi connectivity index (χ0v) is 18.1. The van der Waals surface area contributed by atoms with Gasteiger partial charge in [-0.05, 0) is 37.3 Å². The van der Waals surface area contributed by atoms with Crippen LogP contribution >= 0.6 is 11.8 Å². The summed E-state index contributed by atoms with van der Waals surface area (Å²) < 4.78 is 16.0. The molecule has 4 rings (SSSR count). The van der Waals surface area contributed by atoms with E-state index in [0.29, 0.717) is 33.8 Å². The van der Waals surface area contributed by atoms with Gasteiger partial charge in [0.1, 0.15) is 5.03 Å². The Morgan fingerprint density at radius 2 is 1.84 bits per heavy atom. The maximum Gasteiger partial charge on any atom is 0.237 e. The average molecular weight is 436 g/mol. The summed E-state index contributed by atoms with van der Waals surface area (Å²) >= 11 is 1.37. The van der Waals surface area contributed by atoms with Gasteiger partial charge in [0.05, 0.1) is 31.2 Å². The van der Waals surface area contributed by atoms with Crippen molar-refractivity contribution in [1.82, 2.24) is 9.97 Å². The third-order valence-corrected chi connectivity index (χ3v) is 5.72. The minimum atomic E-state index is -0.407. The number of furan rings is 1. The highest BCUT2D eigenvalue weighted by Gasteiger charge is 2.19. The van der Waals surface area contributed by atoms with Gasteiger partial charge in [-0.15, -0.1) is 0 Å². The van der Waals surface area contributed by atoms with Crippen molar-refractivity contribution in [3.63, 3.8) is 0 Å². The summed E-state index contributed by atoms with van der Waals surface area (Å²) in [7, 11) is 3.12. The summed E-state index contributed by atoms with van der Waals surface area (Å²) in [6.07, 6.45) is 1.58.